The van der Waals surface area contributed by atoms with Crippen molar-refractivity contribution >= 4 is 12.0 Å². The highest BCUT2D eigenvalue weighted by Gasteiger charge is 2.41. The average Bonchev–Trinajstić information content (AvgIpc) is 2.29. The van der Waals surface area contributed by atoms with Crippen molar-refractivity contribution in [3.05, 3.63) is 0 Å². The Labute approximate surface area is 102 Å². The van der Waals surface area contributed by atoms with Crippen LogP contribution in [0.4, 0.5) is 4.79 Å². The summed E-state index contributed by atoms with van der Waals surface area (Å²) >= 11 is 0. The summed E-state index contributed by atoms with van der Waals surface area (Å²) in [7, 11) is 3.40. The molecule has 98 valence electrons. The first-order valence-corrected chi connectivity index (χ1v) is 5.87. The van der Waals surface area contributed by atoms with E-state index >= 15 is 0 Å². The maximum absolute atomic E-state index is 11.7. The first-order chi connectivity index (χ1) is 7.93. The highest BCUT2D eigenvalue weighted by molar-refractivity contribution is 5.80. The van der Waals surface area contributed by atoms with Crippen molar-refractivity contribution < 1.29 is 14.7 Å². The Morgan fingerprint density at radius 1 is 1.35 bits per heavy atom. The van der Waals surface area contributed by atoms with Gasteiger partial charge in [-0.15, -0.1) is 0 Å². The Morgan fingerprint density at radius 3 is 2.24 bits per heavy atom. The molecule has 0 bridgehead atoms. The molecule has 0 atom stereocenters. The first kappa shape index (κ1) is 13.8. The number of carbonyl (C=O) groups excluding carboxylic acids is 1. The molecule has 0 aromatic carbocycles. The Kier molecular flexibility index (Phi) is 4.34. The molecule has 17 heavy (non-hydrogen) atoms. The zero-order chi connectivity index (χ0) is 13.1. The minimum Gasteiger partial charge on any atom is -0.480 e. The van der Waals surface area contributed by atoms with Gasteiger partial charge in [0.15, 0.2) is 0 Å². The van der Waals surface area contributed by atoms with Crippen molar-refractivity contribution in [2.75, 3.05) is 33.7 Å². The molecule has 1 aliphatic rings. The number of hydrogen-bond donors (Lipinski definition) is 2. The molecule has 0 aliphatic carbocycles. The molecule has 1 fully saturated rings. The fraction of sp³-hybridized carbons (Fsp3) is 0.818. The third-order valence-electron chi connectivity index (χ3n) is 3.19. The van der Waals surface area contributed by atoms with E-state index in [1.165, 1.54) is 4.90 Å². The lowest BCUT2D eigenvalue weighted by molar-refractivity contribution is -0.146. The number of urea groups is 1. The Bertz CT molecular complexity index is 296. The van der Waals surface area contributed by atoms with Crippen molar-refractivity contribution in [2.45, 2.75) is 25.3 Å². The van der Waals surface area contributed by atoms with E-state index in [1.807, 2.05) is 6.92 Å². The number of hydrogen-bond acceptors (Lipinski definition) is 3. The largest absolute Gasteiger partial charge is 0.480 e. The zero-order valence-corrected chi connectivity index (χ0v) is 10.7. The average molecular weight is 243 g/mol. The van der Waals surface area contributed by atoms with Crippen LogP contribution in [0.1, 0.15) is 19.8 Å². The molecule has 0 aromatic rings. The molecule has 0 unspecified atom stereocenters. The van der Waals surface area contributed by atoms with Gasteiger partial charge >= 0.3 is 12.0 Å². The van der Waals surface area contributed by atoms with Crippen LogP contribution in [-0.4, -0.2) is 66.2 Å². The maximum atomic E-state index is 11.7. The number of carboxylic acids is 1. The van der Waals surface area contributed by atoms with Gasteiger partial charge in [-0.25, -0.2) is 4.79 Å². The summed E-state index contributed by atoms with van der Waals surface area (Å²) in [5.41, 5.74) is -0.863. The van der Waals surface area contributed by atoms with E-state index in [0.29, 0.717) is 32.5 Å². The predicted octanol–water partition coefficient (Wildman–Crippen LogP) is 0.197. The number of nitrogens with one attached hydrogen (secondary N) is 1. The van der Waals surface area contributed by atoms with Gasteiger partial charge in [-0.1, -0.05) is 6.92 Å². The minimum absolute atomic E-state index is 0.0551. The Balaban J connectivity index is 2.65. The molecule has 6 heteroatoms. The van der Waals surface area contributed by atoms with Gasteiger partial charge in [-0.05, 0) is 19.4 Å². The molecule has 2 N–H and O–H groups in total. The number of likely N-dealkylation sites (tertiary alicyclic amines) is 1. The lowest BCUT2D eigenvalue weighted by atomic mass is 9.87. The van der Waals surface area contributed by atoms with E-state index in [1.54, 1.807) is 19.0 Å². The normalized spacial score (nSPS) is 18.9. The van der Waals surface area contributed by atoms with E-state index in [0.717, 1.165) is 0 Å². The lowest BCUT2D eigenvalue weighted by Gasteiger charge is -2.40. The minimum atomic E-state index is -0.863. The van der Waals surface area contributed by atoms with Crippen LogP contribution in [0.5, 0.6) is 0 Å². The number of carboxylic acid groups (broad SMARTS) is 1. The third kappa shape index (κ3) is 2.88. The summed E-state index contributed by atoms with van der Waals surface area (Å²) < 4.78 is 0. The van der Waals surface area contributed by atoms with Crippen LogP contribution >= 0.6 is 0 Å². The first-order valence-electron chi connectivity index (χ1n) is 5.87. The third-order valence-corrected chi connectivity index (χ3v) is 3.19. The quantitative estimate of drug-likeness (QED) is 0.742. The number of aliphatic carboxylic acids is 1. The van der Waals surface area contributed by atoms with Crippen LogP contribution in [0.25, 0.3) is 0 Å². The van der Waals surface area contributed by atoms with Crippen LogP contribution in [0, 0.1) is 0 Å². The van der Waals surface area contributed by atoms with Gasteiger partial charge in [0.2, 0.25) is 0 Å². The number of carbonyl (C=O) groups is 2. The van der Waals surface area contributed by atoms with Crippen molar-refractivity contribution in [3.63, 3.8) is 0 Å². The van der Waals surface area contributed by atoms with Gasteiger partial charge in [0, 0.05) is 27.2 Å². The zero-order valence-electron chi connectivity index (χ0n) is 10.7. The summed E-state index contributed by atoms with van der Waals surface area (Å²) in [6, 6.07) is -0.0551. The molecule has 1 aliphatic heterocycles. The molecule has 0 aromatic heterocycles. The second-order valence-corrected chi connectivity index (χ2v) is 4.58. The van der Waals surface area contributed by atoms with Gasteiger partial charge in [0.25, 0.3) is 0 Å². The summed E-state index contributed by atoms with van der Waals surface area (Å²) in [5, 5.41) is 12.3. The standard InChI is InChI=1S/C11H21N3O3/c1-4-12-11(9(15)16)5-7-14(8-6-11)10(17)13(2)3/h12H,4-8H2,1-3H3,(H,15,16). The van der Waals surface area contributed by atoms with Crippen LogP contribution in [-0.2, 0) is 4.79 Å². The van der Waals surface area contributed by atoms with Gasteiger partial charge in [-0.2, -0.15) is 0 Å². The molecule has 1 saturated heterocycles. The van der Waals surface area contributed by atoms with Crippen LogP contribution in [0.2, 0.25) is 0 Å². The van der Waals surface area contributed by atoms with E-state index in [2.05, 4.69) is 5.32 Å². The van der Waals surface area contributed by atoms with Crippen LogP contribution in [0.15, 0.2) is 0 Å². The molecular formula is C11H21N3O3. The summed E-state index contributed by atoms with van der Waals surface area (Å²) in [6.07, 6.45) is 0.908. The summed E-state index contributed by atoms with van der Waals surface area (Å²) in [5.74, 6) is -0.823. The molecule has 0 saturated carbocycles. The molecule has 1 heterocycles. The van der Waals surface area contributed by atoms with Crippen molar-refractivity contribution in [1.29, 1.82) is 0 Å². The van der Waals surface area contributed by atoms with E-state index < -0.39 is 11.5 Å². The fourth-order valence-corrected chi connectivity index (χ4v) is 2.17. The predicted molar refractivity (Wildman–Crippen MR) is 63.9 cm³/mol. The van der Waals surface area contributed by atoms with Crippen molar-refractivity contribution in [3.8, 4) is 0 Å². The summed E-state index contributed by atoms with van der Waals surface area (Å²) in [4.78, 5) is 26.2. The van der Waals surface area contributed by atoms with Gasteiger partial charge in [0.05, 0.1) is 0 Å². The van der Waals surface area contributed by atoms with E-state index in [-0.39, 0.29) is 6.03 Å². The van der Waals surface area contributed by atoms with Crippen molar-refractivity contribution in [1.82, 2.24) is 15.1 Å². The monoisotopic (exact) mass is 243 g/mol. The SMILES string of the molecule is CCNC1(C(=O)O)CCN(C(=O)N(C)C)CC1. The topological polar surface area (TPSA) is 72.9 Å². The lowest BCUT2D eigenvalue weighted by Crippen LogP contribution is -2.59. The second kappa shape index (κ2) is 5.35. The molecular weight excluding hydrogens is 222 g/mol. The number of piperidine rings is 1. The van der Waals surface area contributed by atoms with E-state index in [9.17, 15) is 14.7 Å². The Hall–Kier alpha value is -1.30. The van der Waals surface area contributed by atoms with Gasteiger partial charge in [-0.3, -0.25) is 4.79 Å². The highest BCUT2D eigenvalue weighted by atomic mass is 16.4. The number of likely N-dealkylation sites (N-methyl/N-ethyl adjacent to an activating group) is 1. The number of amides is 2. The van der Waals surface area contributed by atoms with Crippen molar-refractivity contribution in [2.24, 2.45) is 0 Å². The van der Waals surface area contributed by atoms with Crippen LogP contribution in [0.3, 0.4) is 0 Å². The molecule has 1 rings (SSSR count). The smallest absolute Gasteiger partial charge is 0.324 e. The van der Waals surface area contributed by atoms with Gasteiger partial charge < -0.3 is 20.2 Å². The second-order valence-electron chi connectivity index (χ2n) is 4.58. The number of rotatable bonds is 3. The Morgan fingerprint density at radius 2 is 1.88 bits per heavy atom. The fourth-order valence-electron chi connectivity index (χ4n) is 2.17. The molecule has 0 spiro atoms. The molecule has 0 radical (unpaired) electrons. The summed E-state index contributed by atoms with van der Waals surface area (Å²) in [6.45, 7) is 3.47. The molecule has 2 amide bonds. The highest BCUT2D eigenvalue weighted by Crippen LogP contribution is 2.23. The van der Waals surface area contributed by atoms with Crippen LogP contribution < -0.4 is 5.32 Å². The maximum Gasteiger partial charge on any atom is 0.324 e. The number of nitrogens with zero attached hydrogens (tertiary/aromatic N) is 2. The van der Waals surface area contributed by atoms with Gasteiger partial charge in [0.1, 0.15) is 5.54 Å². The molecule has 6 nitrogen and oxygen atoms in total. The van der Waals surface area contributed by atoms with E-state index in [4.69, 9.17) is 0 Å².